The van der Waals surface area contributed by atoms with E-state index in [2.05, 4.69) is 31.2 Å². The monoisotopic (exact) mass is 482 g/mol. The van der Waals surface area contributed by atoms with Gasteiger partial charge in [-0.2, -0.15) is 0 Å². The highest BCUT2D eigenvalue weighted by Crippen LogP contribution is 2.15. The third-order valence-electron chi connectivity index (χ3n) is 5.28. The fraction of sp³-hybridized carbons (Fsp3) is 0.786. The molecule has 0 aliphatic carbocycles. The van der Waals surface area contributed by atoms with Crippen LogP contribution in [0.25, 0.3) is 0 Å². The summed E-state index contributed by atoms with van der Waals surface area (Å²) in [7, 11) is 0. The SMILES string of the molecule is CCCCCCCCCc1ccc(OCCOCCOCCOCCOCCOC(C)C)cc1. The lowest BCUT2D eigenvalue weighted by molar-refractivity contribution is -0.0186. The number of ether oxygens (including phenoxy) is 6. The van der Waals surface area contributed by atoms with E-state index in [1.54, 1.807) is 0 Å². The molecule has 34 heavy (non-hydrogen) atoms. The van der Waals surface area contributed by atoms with Crippen molar-refractivity contribution < 1.29 is 28.4 Å². The Labute approximate surface area is 208 Å². The average Bonchev–Trinajstić information content (AvgIpc) is 2.84. The van der Waals surface area contributed by atoms with E-state index in [1.165, 1.54) is 50.5 Å². The normalized spacial score (nSPS) is 11.4. The molecule has 0 aromatic heterocycles. The molecule has 6 nitrogen and oxygen atoms in total. The zero-order chi connectivity index (χ0) is 24.5. The molecule has 0 aliphatic heterocycles. The van der Waals surface area contributed by atoms with Gasteiger partial charge in [0.05, 0.1) is 65.6 Å². The second kappa shape index (κ2) is 23.6. The van der Waals surface area contributed by atoms with E-state index in [9.17, 15) is 0 Å². The van der Waals surface area contributed by atoms with E-state index >= 15 is 0 Å². The zero-order valence-electron chi connectivity index (χ0n) is 22.1. The highest BCUT2D eigenvalue weighted by atomic mass is 16.6. The van der Waals surface area contributed by atoms with Gasteiger partial charge in [0.2, 0.25) is 0 Å². The van der Waals surface area contributed by atoms with Crippen LogP contribution in [0, 0.1) is 0 Å². The molecular formula is C28H50O6. The maximum absolute atomic E-state index is 5.75. The summed E-state index contributed by atoms with van der Waals surface area (Å²) in [5, 5.41) is 0. The van der Waals surface area contributed by atoms with Gasteiger partial charge in [-0.05, 0) is 44.4 Å². The Morgan fingerprint density at radius 1 is 0.559 bits per heavy atom. The molecule has 1 aromatic rings. The summed E-state index contributed by atoms with van der Waals surface area (Å²) in [6, 6.07) is 8.47. The van der Waals surface area contributed by atoms with Gasteiger partial charge in [0.15, 0.2) is 0 Å². The number of hydrogen-bond acceptors (Lipinski definition) is 6. The largest absolute Gasteiger partial charge is 0.491 e. The van der Waals surface area contributed by atoms with Crippen LogP contribution in [0.3, 0.4) is 0 Å². The lowest BCUT2D eigenvalue weighted by Gasteiger charge is -2.09. The van der Waals surface area contributed by atoms with Crippen LogP contribution in [-0.2, 0) is 30.1 Å². The Bertz CT molecular complexity index is 534. The number of unbranched alkanes of at least 4 members (excludes halogenated alkanes) is 6. The molecule has 0 aliphatic rings. The highest BCUT2D eigenvalue weighted by Gasteiger charge is 1.98. The van der Waals surface area contributed by atoms with Gasteiger partial charge < -0.3 is 28.4 Å². The molecular weight excluding hydrogens is 432 g/mol. The summed E-state index contributed by atoms with van der Waals surface area (Å²) in [5.74, 6) is 0.900. The highest BCUT2D eigenvalue weighted by molar-refractivity contribution is 5.27. The Kier molecular flexibility index (Phi) is 21.4. The first-order valence-corrected chi connectivity index (χ1v) is 13.4. The van der Waals surface area contributed by atoms with Crippen LogP contribution in [0.4, 0.5) is 0 Å². The van der Waals surface area contributed by atoms with Crippen LogP contribution < -0.4 is 4.74 Å². The van der Waals surface area contributed by atoms with Gasteiger partial charge in [-0.3, -0.25) is 0 Å². The molecule has 0 spiro atoms. The first kappa shape index (κ1) is 30.9. The first-order chi connectivity index (χ1) is 16.7. The summed E-state index contributed by atoms with van der Waals surface area (Å²) in [5.41, 5.74) is 1.39. The third kappa shape index (κ3) is 20.2. The topological polar surface area (TPSA) is 55.4 Å². The molecule has 0 N–H and O–H groups in total. The van der Waals surface area contributed by atoms with Crippen molar-refractivity contribution in [2.45, 2.75) is 78.2 Å². The van der Waals surface area contributed by atoms with Crippen molar-refractivity contribution in [1.82, 2.24) is 0 Å². The van der Waals surface area contributed by atoms with E-state index in [4.69, 9.17) is 28.4 Å². The van der Waals surface area contributed by atoms with Crippen molar-refractivity contribution in [3.63, 3.8) is 0 Å². The molecule has 0 fully saturated rings. The smallest absolute Gasteiger partial charge is 0.119 e. The van der Waals surface area contributed by atoms with E-state index in [0.29, 0.717) is 66.1 Å². The molecule has 0 heterocycles. The second-order valence-corrected chi connectivity index (χ2v) is 8.73. The Morgan fingerprint density at radius 2 is 1.03 bits per heavy atom. The van der Waals surface area contributed by atoms with Crippen LogP contribution in [-0.4, -0.2) is 72.2 Å². The Morgan fingerprint density at radius 3 is 1.56 bits per heavy atom. The van der Waals surface area contributed by atoms with E-state index in [1.807, 2.05) is 13.8 Å². The summed E-state index contributed by atoms with van der Waals surface area (Å²) < 4.78 is 33.1. The number of rotatable bonds is 25. The molecule has 0 radical (unpaired) electrons. The third-order valence-corrected chi connectivity index (χ3v) is 5.28. The van der Waals surface area contributed by atoms with Gasteiger partial charge in [-0.1, -0.05) is 57.6 Å². The van der Waals surface area contributed by atoms with Crippen molar-refractivity contribution in [3.8, 4) is 5.75 Å². The quantitative estimate of drug-likeness (QED) is 0.163. The average molecular weight is 483 g/mol. The van der Waals surface area contributed by atoms with Gasteiger partial charge in [-0.25, -0.2) is 0 Å². The van der Waals surface area contributed by atoms with Crippen molar-refractivity contribution in [1.29, 1.82) is 0 Å². The van der Waals surface area contributed by atoms with E-state index < -0.39 is 0 Å². The van der Waals surface area contributed by atoms with Crippen molar-refractivity contribution in [2.75, 3.05) is 66.1 Å². The molecule has 0 bridgehead atoms. The fourth-order valence-electron chi connectivity index (χ4n) is 3.36. The van der Waals surface area contributed by atoms with E-state index in [-0.39, 0.29) is 6.10 Å². The first-order valence-electron chi connectivity index (χ1n) is 13.4. The molecule has 0 amide bonds. The molecule has 0 atom stereocenters. The summed E-state index contributed by atoms with van der Waals surface area (Å²) in [6.45, 7) is 12.0. The second-order valence-electron chi connectivity index (χ2n) is 8.73. The number of hydrogen-bond donors (Lipinski definition) is 0. The van der Waals surface area contributed by atoms with Crippen molar-refractivity contribution in [2.24, 2.45) is 0 Å². The lowest BCUT2D eigenvalue weighted by atomic mass is 10.0. The van der Waals surface area contributed by atoms with Gasteiger partial charge in [0, 0.05) is 0 Å². The fourth-order valence-corrected chi connectivity index (χ4v) is 3.36. The van der Waals surface area contributed by atoms with Crippen LogP contribution in [0.1, 0.15) is 71.3 Å². The minimum atomic E-state index is 0.245. The zero-order valence-corrected chi connectivity index (χ0v) is 22.1. The molecule has 1 aromatic carbocycles. The molecule has 1 rings (SSSR count). The van der Waals surface area contributed by atoms with Gasteiger partial charge >= 0.3 is 0 Å². The van der Waals surface area contributed by atoms with E-state index in [0.717, 1.165) is 12.2 Å². The van der Waals surface area contributed by atoms with Gasteiger partial charge in [0.25, 0.3) is 0 Å². The Balaban J connectivity index is 1.83. The summed E-state index contributed by atoms with van der Waals surface area (Å²) >= 11 is 0. The minimum Gasteiger partial charge on any atom is -0.491 e. The van der Waals surface area contributed by atoms with Crippen LogP contribution >= 0.6 is 0 Å². The Hall–Kier alpha value is -1.18. The van der Waals surface area contributed by atoms with Crippen molar-refractivity contribution >= 4 is 0 Å². The molecule has 6 heteroatoms. The van der Waals surface area contributed by atoms with Crippen molar-refractivity contribution in [3.05, 3.63) is 29.8 Å². The predicted molar refractivity (Wildman–Crippen MR) is 138 cm³/mol. The maximum atomic E-state index is 5.75. The molecule has 0 saturated heterocycles. The molecule has 0 saturated carbocycles. The summed E-state index contributed by atoms with van der Waals surface area (Å²) in [6.07, 6.45) is 10.8. The molecule has 0 unspecified atom stereocenters. The minimum absolute atomic E-state index is 0.245. The lowest BCUT2D eigenvalue weighted by Crippen LogP contribution is -2.15. The van der Waals surface area contributed by atoms with Crippen LogP contribution in [0.15, 0.2) is 24.3 Å². The van der Waals surface area contributed by atoms with Gasteiger partial charge in [-0.15, -0.1) is 0 Å². The van der Waals surface area contributed by atoms with Crippen LogP contribution in [0.5, 0.6) is 5.75 Å². The van der Waals surface area contributed by atoms with Gasteiger partial charge in [0.1, 0.15) is 12.4 Å². The number of benzene rings is 1. The van der Waals surface area contributed by atoms with Crippen LogP contribution in [0.2, 0.25) is 0 Å². The number of aryl methyl sites for hydroxylation is 1. The molecule has 198 valence electrons. The maximum Gasteiger partial charge on any atom is 0.119 e. The predicted octanol–water partition coefficient (Wildman–Crippen LogP) is 5.85. The standard InChI is InChI=1S/C28H50O6/c1-4-5-6-7-8-9-10-11-27-12-14-28(15-13-27)34-25-23-32-21-19-30-17-16-29-18-20-31-22-24-33-26(2)3/h12-15,26H,4-11,16-25H2,1-3H3. The summed E-state index contributed by atoms with van der Waals surface area (Å²) in [4.78, 5) is 0.